The first-order valence-corrected chi connectivity index (χ1v) is 10.5. The summed E-state index contributed by atoms with van der Waals surface area (Å²) < 4.78 is 6.05. The fraction of sp³-hybridized carbons (Fsp3) is 0.421. The predicted molar refractivity (Wildman–Crippen MR) is 106 cm³/mol. The Balaban J connectivity index is 1.69. The Morgan fingerprint density at radius 3 is 2.96 bits per heavy atom. The lowest BCUT2D eigenvalue weighted by atomic mass is 9.88. The number of carbonyl (C=O) groups is 1. The number of carbonyl (C=O) groups excluding carboxylic acids is 1. The molecule has 1 aromatic heterocycles. The van der Waals surface area contributed by atoms with Crippen LogP contribution in [-0.2, 0) is 12.8 Å². The van der Waals surface area contributed by atoms with Crippen molar-refractivity contribution in [3.63, 3.8) is 0 Å². The lowest BCUT2D eigenvalue weighted by Gasteiger charge is -2.27. The molecule has 0 bridgehead atoms. The number of hydrogen-bond donors (Lipinski definition) is 3. The topological polar surface area (TPSA) is 70.6 Å². The first-order chi connectivity index (χ1) is 12.5. The Morgan fingerprint density at radius 2 is 2.19 bits per heavy atom. The lowest BCUT2D eigenvalue weighted by molar-refractivity contribution is 0.0935. The third kappa shape index (κ3) is 2.97. The summed E-state index contributed by atoms with van der Waals surface area (Å²) in [5.74, 6) is 1.11. The number of anilines is 1. The van der Waals surface area contributed by atoms with E-state index in [0.29, 0.717) is 22.7 Å². The predicted octanol–water partition coefficient (Wildman–Crippen LogP) is 4.59. The molecule has 0 spiro atoms. The van der Waals surface area contributed by atoms with Crippen LogP contribution in [0.1, 0.15) is 52.8 Å². The first kappa shape index (κ1) is 17.7. The number of phenols is 1. The van der Waals surface area contributed by atoms with Gasteiger partial charge < -0.3 is 20.5 Å². The zero-order chi connectivity index (χ0) is 18.4. The number of halogens is 1. The highest BCUT2D eigenvalue weighted by Gasteiger charge is 2.33. The van der Waals surface area contributed by atoms with Crippen molar-refractivity contribution in [2.24, 2.45) is 5.92 Å². The van der Waals surface area contributed by atoms with Crippen LogP contribution in [-0.4, -0.2) is 17.6 Å². The molecule has 2 aliphatic rings. The molecule has 1 aliphatic carbocycles. The zero-order valence-electron chi connectivity index (χ0n) is 14.7. The molecule has 7 heteroatoms. The molecular weight excluding hydrogens is 416 g/mol. The molecule has 1 aromatic carbocycles. The van der Waals surface area contributed by atoms with Crippen LogP contribution in [0.2, 0.25) is 0 Å². The van der Waals surface area contributed by atoms with Gasteiger partial charge in [-0.25, -0.2) is 0 Å². The number of fused-ring (bicyclic) bond motifs is 3. The molecule has 26 heavy (non-hydrogen) atoms. The van der Waals surface area contributed by atoms with E-state index in [1.54, 1.807) is 23.5 Å². The van der Waals surface area contributed by atoms with Gasteiger partial charge in [0.1, 0.15) is 11.2 Å². The van der Waals surface area contributed by atoms with E-state index in [4.69, 9.17) is 4.74 Å². The third-order valence-electron chi connectivity index (χ3n) is 4.97. The highest BCUT2D eigenvalue weighted by molar-refractivity contribution is 9.10. The van der Waals surface area contributed by atoms with Gasteiger partial charge in [-0.2, -0.15) is 0 Å². The second-order valence-corrected chi connectivity index (χ2v) is 8.85. The largest absolute Gasteiger partial charge is 0.503 e. The number of benzene rings is 1. The Morgan fingerprint density at radius 1 is 1.38 bits per heavy atom. The minimum atomic E-state index is -0.358. The third-order valence-corrected chi connectivity index (χ3v) is 6.76. The van der Waals surface area contributed by atoms with Gasteiger partial charge in [-0.3, -0.25) is 4.79 Å². The van der Waals surface area contributed by atoms with Gasteiger partial charge in [-0.1, -0.05) is 6.92 Å². The van der Waals surface area contributed by atoms with Gasteiger partial charge >= 0.3 is 0 Å². The number of amides is 1. The molecule has 1 amide bonds. The number of ether oxygens (including phenoxy) is 1. The monoisotopic (exact) mass is 436 g/mol. The van der Waals surface area contributed by atoms with Crippen LogP contribution in [0.5, 0.6) is 11.5 Å². The smallest absolute Gasteiger partial charge is 0.256 e. The molecule has 1 aliphatic heterocycles. The minimum absolute atomic E-state index is 0.0297. The van der Waals surface area contributed by atoms with Crippen molar-refractivity contribution in [2.45, 2.75) is 39.3 Å². The highest BCUT2D eigenvalue weighted by atomic mass is 79.9. The number of thiophene rings is 1. The molecule has 0 fully saturated rings. The van der Waals surface area contributed by atoms with E-state index in [2.05, 4.69) is 33.5 Å². The van der Waals surface area contributed by atoms with Crippen LogP contribution < -0.4 is 15.4 Å². The standard InChI is InChI=1S/C19H21BrN2O3S/c1-3-25-13-8-10(7-12(20)16(13)23)17-21-18(24)15-11-5-4-9(2)6-14(11)26-19(15)22-17/h7-9,17,22-23H,3-6H2,1-2H3,(H,21,24)/t9-,17+/m0/s1. The minimum Gasteiger partial charge on any atom is -0.503 e. The van der Waals surface area contributed by atoms with Crippen LogP contribution in [0.3, 0.4) is 0 Å². The van der Waals surface area contributed by atoms with E-state index in [1.807, 2.05) is 6.92 Å². The van der Waals surface area contributed by atoms with Crippen molar-refractivity contribution in [1.29, 1.82) is 0 Å². The summed E-state index contributed by atoms with van der Waals surface area (Å²) in [7, 11) is 0. The summed E-state index contributed by atoms with van der Waals surface area (Å²) in [5.41, 5.74) is 2.86. The second kappa shape index (κ2) is 6.78. The van der Waals surface area contributed by atoms with E-state index in [9.17, 15) is 9.90 Å². The molecule has 0 radical (unpaired) electrons. The van der Waals surface area contributed by atoms with Crippen molar-refractivity contribution in [3.8, 4) is 11.5 Å². The molecule has 138 valence electrons. The number of rotatable bonds is 3. The molecule has 4 rings (SSSR count). The van der Waals surface area contributed by atoms with E-state index in [-0.39, 0.29) is 17.8 Å². The maximum Gasteiger partial charge on any atom is 0.256 e. The normalized spacial score (nSPS) is 21.4. The van der Waals surface area contributed by atoms with Crippen molar-refractivity contribution < 1.29 is 14.6 Å². The fourth-order valence-corrected chi connectivity index (χ4v) is 5.55. The summed E-state index contributed by atoms with van der Waals surface area (Å²) in [4.78, 5) is 14.1. The fourth-order valence-electron chi connectivity index (χ4n) is 3.66. The van der Waals surface area contributed by atoms with Crippen molar-refractivity contribution in [1.82, 2.24) is 5.32 Å². The van der Waals surface area contributed by atoms with E-state index in [1.165, 1.54) is 10.4 Å². The van der Waals surface area contributed by atoms with Gasteiger partial charge in [-0.15, -0.1) is 11.3 Å². The number of aromatic hydroxyl groups is 1. The van der Waals surface area contributed by atoms with E-state index in [0.717, 1.165) is 35.4 Å². The Bertz CT molecular complexity index is 880. The van der Waals surface area contributed by atoms with Gasteiger partial charge in [0.15, 0.2) is 11.5 Å². The molecule has 5 nitrogen and oxygen atoms in total. The van der Waals surface area contributed by atoms with Gasteiger partial charge in [0.25, 0.3) is 5.91 Å². The Kier molecular flexibility index (Phi) is 4.61. The summed E-state index contributed by atoms with van der Waals surface area (Å²) in [6.07, 6.45) is 2.80. The summed E-state index contributed by atoms with van der Waals surface area (Å²) in [6, 6.07) is 3.57. The lowest BCUT2D eigenvalue weighted by Crippen LogP contribution is -2.38. The first-order valence-electron chi connectivity index (χ1n) is 8.85. The average Bonchev–Trinajstić information content (AvgIpc) is 2.96. The van der Waals surface area contributed by atoms with Crippen LogP contribution in [0, 0.1) is 5.92 Å². The summed E-state index contributed by atoms with van der Waals surface area (Å²) in [5, 5.41) is 17.6. The number of nitrogens with one attached hydrogen (secondary N) is 2. The molecule has 0 unspecified atom stereocenters. The van der Waals surface area contributed by atoms with Crippen molar-refractivity contribution in [3.05, 3.63) is 38.2 Å². The quantitative estimate of drug-likeness (QED) is 0.657. The van der Waals surface area contributed by atoms with Gasteiger partial charge in [-0.05, 0) is 71.3 Å². The average molecular weight is 437 g/mol. The van der Waals surface area contributed by atoms with Crippen LogP contribution >= 0.6 is 27.3 Å². The SMILES string of the molecule is CCOc1cc([C@@H]2NC(=O)c3c(sc4c3CC[C@H](C)C4)N2)cc(Br)c1O. The number of phenolic OH excluding ortho intramolecular Hbond substituents is 1. The maximum absolute atomic E-state index is 12.8. The second-order valence-electron chi connectivity index (χ2n) is 6.89. The van der Waals surface area contributed by atoms with E-state index < -0.39 is 0 Å². The highest BCUT2D eigenvalue weighted by Crippen LogP contribution is 2.44. The van der Waals surface area contributed by atoms with E-state index >= 15 is 0 Å². The van der Waals surface area contributed by atoms with Crippen LogP contribution in [0.4, 0.5) is 5.00 Å². The molecular formula is C19H21BrN2O3S. The molecule has 0 saturated heterocycles. The van der Waals surface area contributed by atoms with Crippen molar-refractivity contribution in [2.75, 3.05) is 11.9 Å². The van der Waals surface area contributed by atoms with Gasteiger partial charge in [0.2, 0.25) is 0 Å². The van der Waals surface area contributed by atoms with Crippen LogP contribution in [0.25, 0.3) is 0 Å². The van der Waals surface area contributed by atoms with Gasteiger partial charge in [0, 0.05) is 4.88 Å². The molecule has 2 heterocycles. The molecule has 2 aromatic rings. The Hall–Kier alpha value is -1.73. The maximum atomic E-state index is 12.8. The van der Waals surface area contributed by atoms with Gasteiger partial charge in [0.05, 0.1) is 16.6 Å². The van der Waals surface area contributed by atoms with Crippen molar-refractivity contribution >= 4 is 38.2 Å². The zero-order valence-corrected chi connectivity index (χ0v) is 17.1. The molecule has 2 atom stereocenters. The molecule has 3 N–H and O–H groups in total. The number of hydrogen-bond acceptors (Lipinski definition) is 5. The molecule has 0 saturated carbocycles. The summed E-state index contributed by atoms with van der Waals surface area (Å²) in [6.45, 7) is 4.58. The van der Waals surface area contributed by atoms with Crippen LogP contribution in [0.15, 0.2) is 16.6 Å². The summed E-state index contributed by atoms with van der Waals surface area (Å²) >= 11 is 5.07. The Labute approximate surface area is 164 Å².